The van der Waals surface area contributed by atoms with E-state index >= 15 is 0 Å². The first-order chi connectivity index (χ1) is 12.0. The lowest BCUT2D eigenvalue weighted by molar-refractivity contribution is -0.146. The van der Waals surface area contributed by atoms with Crippen molar-refractivity contribution in [2.24, 2.45) is 11.8 Å². The third-order valence-electron chi connectivity index (χ3n) is 4.44. The molecule has 0 radical (unpaired) electrons. The van der Waals surface area contributed by atoms with Crippen LogP contribution in [-0.4, -0.2) is 22.0 Å². The minimum atomic E-state index is -0.930. The summed E-state index contributed by atoms with van der Waals surface area (Å²) in [6, 6.07) is 8.07. The minimum absolute atomic E-state index is 0.277. The Morgan fingerprint density at radius 3 is 2.40 bits per heavy atom. The third-order valence-corrected chi connectivity index (χ3v) is 5.32. The molecule has 0 saturated heterocycles. The molecule has 25 heavy (non-hydrogen) atoms. The van der Waals surface area contributed by atoms with Gasteiger partial charge in [-0.3, -0.25) is 9.59 Å². The summed E-state index contributed by atoms with van der Waals surface area (Å²) in [4.78, 5) is 29.5. The number of carboxylic acids is 1. The van der Waals surface area contributed by atoms with Gasteiger partial charge in [0.1, 0.15) is 0 Å². The Morgan fingerprint density at radius 1 is 1.12 bits per heavy atom. The second kappa shape index (κ2) is 7.19. The number of carbonyl (C=O) groups is 2. The van der Waals surface area contributed by atoms with Crippen molar-refractivity contribution in [3.05, 3.63) is 46.9 Å². The number of thiazole rings is 1. The number of carbonyl (C=O) groups excluding carboxylic acids is 1. The number of hydrogen-bond donors (Lipinski definition) is 2. The lowest BCUT2D eigenvalue weighted by Crippen LogP contribution is -2.34. The average Bonchev–Trinajstić information content (AvgIpc) is 2.95. The van der Waals surface area contributed by atoms with Gasteiger partial charge in [0.05, 0.1) is 17.5 Å². The van der Waals surface area contributed by atoms with Crippen LogP contribution in [-0.2, 0) is 9.59 Å². The number of hydrogen-bond acceptors (Lipinski definition) is 4. The molecule has 2 aromatic rings. The van der Waals surface area contributed by atoms with Crippen LogP contribution in [0.1, 0.15) is 23.3 Å². The van der Waals surface area contributed by atoms with Gasteiger partial charge in [0.25, 0.3) is 0 Å². The number of benzene rings is 1. The first-order valence-corrected chi connectivity index (χ1v) is 9.00. The van der Waals surface area contributed by atoms with Crippen LogP contribution in [0.15, 0.2) is 36.4 Å². The van der Waals surface area contributed by atoms with Gasteiger partial charge in [-0.25, -0.2) is 4.98 Å². The van der Waals surface area contributed by atoms with Gasteiger partial charge in [0, 0.05) is 10.4 Å². The van der Waals surface area contributed by atoms with Crippen LogP contribution in [0.25, 0.3) is 11.3 Å². The highest BCUT2D eigenvalue weighted by Crippen LogP contribution is 2.32. The van der Waals surface area contributed by atoms with E-state index in [0.717, 1.165) is 16.1 Å². The van der Waals surface area contributed by atoms with E-state index in [-0.39, 0.29) is 5.91 Å². The molecule has 0 aliphatic heterocycles. The van der Waals surface area contributed by atoms with Crippen molar-refractivity contribution in [1.82, 2.24) is 4.98 Å². The number of carboxylic acid groups (broad SMARTS) is 1. The first-order valence-electron chi connectivity index (χ1n) is 8.19. The van der Waals surface area contributed by atoms with E-state index in [1.165, 1.54) is 16.9 Å². The van der Waals surface area contributed by atoms with Crippen LogP contribution in [0.5, 0.6) is 0 Å². The summed E-state index contributed by atoms with van der Waals surface area (Å²) >= 11 is 1.41. The highest BCUT2D eigenvalue weighted by atomic mass is 32.1. The van der Waals surface area contributed by atoms with Crippen molar-refractivity contribution in [3.8, 4) is 11.3 Å². The Kier molecular flexibility index (Phi) is 4.99. The predicted molar refractivity (Wildman–Crippen MR) is 98.6 cm³/mol. The number of rotatable bonds is 4. The zero-order valence-corrected chi connectivity index (χ0v) is 15.0. The van der Waals surface area contributed by atoms with Gasteiger partial charge in [-0.1, -0.05) is 42.0 Å². The molecule has 0 unspecified atom stereocenters. The largest absolute Gasteiger partial charge is 0.481 e. The Morgan fingerprint density at radius 2 is 1.76 bits per heavy atom. The monoisotopic (exact) mass is 356 g/mol. The molecule has 6 heteroatoms. The number of aliphatic carboxylic acids is 1. The maximum absolute atomic E-state index is 12.5. The van der Waals surface area contributed by atoms with E-state index in [1.54, 1.807) is 0 Å². The summed E-state index contributed by atoms with van der Waals surface area (Å²) in [6.07, 6.45) is 4.52. The average molecular weight is 356 g/mol. The van der Waals surface area contributed by atoms with Gasteiger partial charge in [0.2, 0.25) is 5.91 Å². The van der Waals surface area contributed by atoms with E-state index in [9.17, 15) is 14.7 Å². The van der Waals surface area contributed by atoms with Crippen LogP contribution >= 0.6 is 11.3 Å². The number of aromatic nitrogens is 1. The van der Waals surface area contributed by atoms with Crippen LogP contribution < -0.4 is 5.32 Å². The Balaban J connectivity index is 1.78. The summed E-state index contributed by atoms with van der Waals surface area (Å²) in [5, 5.41) is 12.6. The second-order valence-electron chi connectivity index (χ2n) is 6.27. The SMILES string of the molecule is Cc1ccc(-c2nc(NC(=O)[C@@H]3CC=CC[C@H]3C(=O)O)sc2C)cc1. The highest BCUT2D eigenvalue weighted by Gasteiger charge is 2.34. The molecule has 1 aliphatic rings. The fourth-order valence-electron chi connectivity index (χ4n) is 3.00. The normalized spacial score (nSPS) is 19.6. The summed E-state index contributed by atoms with van der Waals surface area (Å²) < 4.78 is 0. The van der Waals surface area contributed by atoms with E-state index in [2.05, 4.69) is 10.3 Å². The number of aryl methyl sites for hydroxylation is 2. The molecule has 0 spiro atoms. The minimum Gasteiger partial charge on any atom is -0.481 e. The zero-order valence-electron chi connectivity index (χ0n) is 14.2. The molecule has 0 bridgehead atoms. The predicted octanol–water partition coefficient (Wildman–Crippen LogP) is 4.03. The van der Waals surface area contributed by atoms with Crippen molar-refractivity contribution in [1.29, 1.82) is 0 Å². The number of nitrogens with zero attached hydrogens (tertiary/aromatic N) is 1. The fourth-order valence-corrected chi connectivity index (χ4v) is 3.84. The number of allylic oxidation sites excluding steroid dienone is 2. The smallest absolute Gasteiger partial charge is 0.307 e. The van der Waals surface area contributed by atoms with Crippen LogP contribution in [0.3, 0.4) is 0 Å². The molecule has 1 amide bonds. The van der Waals surface area contributed by atoms with Crippen molar-refractivity contribution >= 4 is 28.3 Å². The van der Waals surface area contributed by atoms with E-state index in [1.807, 2.05) is 50.3 Å². The van der Waals surface area contributed by atoms with Gasteiger partial charge in [-0.05, 0) is 26.7 Å². The quantitative estimate of drug-likeness (QED) is 0.811. The highest BCUT2D eigenvalue weighted by molar-refractivity contribution is 7.16. The number of amides is 1. The molecule has 1 heterocycles. The van der Waals surface area contributed by atoms with E-state index < -0.39 is 17.8 Å². The molecular formula is C19H20N2O3S. The van der Waals surface area contributed by atoms with Crippen molar-refractivity contribution in [3.63, 3.8) is 0 Å². The van der Waals surface area contributed by atoms with Gasteiger partial charge in [0.15, 0.2) is 5.13 Å². The molecule has 2 N–H and O–H groups in total. The molecule has 0 fully saturated rings. The second-order valence-corrected chi connectivity index (χ2v) is 7.48. The number of nitrogens with one attached hydrogen (secondary N) is 1. The van der Waals surface area contributed by atoms with Gasteiger partial charge >= 0.3 is 5.97 Å². The van der Waals surface area contributed by atoms with Gasteiger partial charge in [-0.15, -0.1) is 11.3 Å². The maximum Gasteiger partial charge on any atom is 0.307 e. The summed E-state index contributed by atoms with van der Waals surface area (Å²) in [6.45, 7) is 3.99. The molecule has 3 rings (SSSR count). The first kappa shape index (κ1) is 17.4. The molecule has 1 aromatic carbocycles. The molecule has 1 aromatic heterocycles. The molecule has 5 nitrogen and oxygen atoms in total. The Labute approximate surface area is 150 Å². The summed E-state index contributed by atoms with van der Waals surface area (Å²) in [7, 11) is 0. The van der Waals surface area contributed by atoms with Crippen LogP contribution in [0, 0.1) is 25.7 Å². The van der Waals surface area contributed by atoms with Crippen molar-refractivity contribution < 1.29 is 14.7 Å². The number of anilines is 1. The standard InChI is InChI=1S/C19H20N2O3S/c1-11-7-9-13(10-8-11)16-12(2)25-19(20-16)21-17(22)14-5-3-4-6-15(14)18(23)24/h3-4,7-10,14-15H,5-6H2,1-2H3,(H,23,24)(H,20,21,22)/t14-,15-/m1/s1. The van der Waals surface area contributed by atoms with Gasteiger partial charge in [-0.2, -0.15) is 0 Å². The molecule has 2 atom stereocenters. The van der Waals surface area contributed by atoms with Gasteiger partial charge < -0.3 is 10.4 Å². The van der Waals surface area contributed by atoms with E-state index in [4.69, 9.17) is 0 Å². The summed E-state index contributed by atoms with van der Waals surface area (Å²) in [5.41, 5.74) is 3.03. The zero-order chi connectivity index (χ0) is 18.0. The molecular weight excluding hydrogens is 336 g/mol. The molecule has 1 aliphatic carbocycles. The maximum atomic E-state index is 12.5. The lowest BCUT2D eigenvalue weighted by atomic mass is 9.82. The van der Waals surface area contributed by atoms with Crippen molar-refractivity contribution in [2.45, 2.75) is 26.7 Å². The van der Waals surface area contributed by atoms with E-state index in [0.29, 0.717) is 18.0 Å². The third kappa shape index (κ3) is 3.79. The lowest BCUT2D eigenvalue weighted by Gasteiger charge is -2.23. The topological polar surface area (TPSA) is 79.3 Å². The summed E-state index contributed by atoms with van der Waals surface area (Å²) in [5.74, 6) is -2.45. The Hall–Kier alpha value is -2.47. The Bertz CT molecular complexity index is 824. The fraction of sp³-hybridized carbons (Fsp3) is 0.316. The van der Waals surface area contributed by atoms with Crippen LogP contribution in [0.2, 0.25) is 0 Å². The van der Waals surface area contributed by atoms with Crippen LogP contribution in [0.4, 0.5) is 5.13 Å². The van der Waals surface area contributed by atoms with Crippen molar-refractivity contribution in [2.75, 3.05) is 5.32 Å². The molecule has 0 saturated carbocycles. The molecule has 130 valence electrons.